The van der Waals surface area contributed by atoms with Crippen molar-refractivity contribution < 1.29 is 9.90 Å². The minimum Gasteiger partial charge on any atom is -0.390 e. The molecule has 1 aromatic heterocycles. The van der Waals surface area contributed by atoms with Crippen LogP contribution in [0.4, 0.5) is 11.6 Å². The summed E-state index contributed by atoms with van der Waals surface area (Å²) in [5, 5.41) is 20.7. The van der Waals surface area contributed by atoms with E-state index in [-0.39, 0.29) is 11.6 Å². The molecule has 0 spiro atoms. The number of nitrogens with one attached hydrogen (secondary N) is 3. The lowest BCUT2D eigenvalue weighted by Gasteiger charge is -2.18. The van der Waals surface area contributed by atoms with Gasteiger partial charge in [-0.05, 0) is 60.0 Å². The SMILES string of the molecule is Cc1cccc(-n2nc(Nc3ccc(C(=O)N[C@@H]4c5ccccc5C[C@@H]4O)cc3)[nH]c2=O)c1. The number of aromatic amines is 1. The lowest BCUT2D eigenvalue weighted by molar-refractivity contribution is 0.0858. The zero-order valence-electron chi connectivity index (χ0n) is 17.9. The number of aromatic nitrogens is 3. The summed E-state index contributed by atoms with van der Waals surface area (Å²) in [6.45, 7) is 1.95. The topological polar surface area (TPSA) is 112 Å². The quantitative estimate of drug-likeness (QED) is 0.380. The summed E-state index contributed by atoms with van der Waals surface area (Å²) in [5.74, 6) is 0.0313. The normalized spacial score (nSPS) is 16.9. The summed E-state index contributed by atoms with van der Waals surface area (Å²) in [6, 6.07) is 21.6. The number of H-pyrrole nitrogens is 1. The fourth-order valence-corrected chi connectivity index (χ4v) is 4.13. The minimum atomic E-state index is -0.646. The van der Waals surface area contributed by atoms with E-state index < -0.39 is 12.1 Å². The van der Waals surface area contributed by atoms with Gasteiger partial charge in [0.1, 0.15) is 0 Å². The van der Waals surface area contributed by atoms with Crippen LogP contribution >= 0.6 is 0 Å². The molecule has 1 heterocycles. The van der Waals surface area contributed by atoms with Crippen molar-refractivity contribution in [3.8, 4) is 5.69 Å². The maximum atomic E-state index is 12.8. The monoisotopic (exact) mass is 441 g/mol. The Labute approximate surface area is 189 Å². The number of aryl methyl sites for hydroxylation is 1. The summed E-state index contributed by atoms with van der Waals surface area (Å²) < 4.78 is 1.29. The Kier molecular flexibility index (Phi) is 5.27. The molecule has 8 heteroatoms. The fourth-order valence-electron chi connectivity index (χ4n) is 4.13. The smallest absolute Gasteiger partial charge is 0.349 e. The third kappa shape index (κ3) is 4.16. The minimum absolute atomic E-state index is 0.264. The number of nitrogens with zero attached hydrogens (tertiary/aromatic N) is 2. The van der Waals surface area contributed by atoms with Crippen LogP contribution in [0.25, 0.3) is 5.69 Å². The van der Waals surface area contributed by atoms with Crippen LogP contribution in [0.3, 0.4) is 0 Å². The molecule has 33 heavy (non-hydrogen) atoms. The third-order valence-electron chi connectivity index (χ3n) is 5.76. The Morgan fingerprint density at radius 2 is 1.88 bits per heavy atom. The van der Waals surface area contributed by atoms with Crippen LogP contribution in [-0.4, -0.2) is 31.9 Å². The van der Waals surface area contributed by atoms with Crippen LogP contribution in [0, 0.1) is 6.92 Å². The maximum Gasteiger partial charge on any atom is 0.349 e. The van der Waals surface area contributed by atoms with Crippen molar-refractivity contribution in [3.63, 3.8) is 0 Å². The molecule has 0 saturated carbocycles. The molecular weight excluding hydrogens is 418 g/mol. The highest BCUT2D eigenvalue weighted by Crippen LogP contribution is 2.31. The lowest BCUT2D eigenvalue weighted by atomic mass is 10.1. The van der Waals surface area contributed by atoms with Gasteiger partial charge < -0.3 is 15.7 Å². The number of carbonyl (C=O) groups excluding carboxylic acids is 1. The van der Waals surface area contributed by atoms with Crippen molar-refractivity contribution in [2.45, 2.75) is 25.5 Å². The molecule has 1 amide bonds. The molecule has 5 rings (SSSR count). The maximum absolute atomic E-state index is 12.8. The van der Waals surface area contributed by atoms with E-state index >= 15 is 0 Å². The van der Waals surface area contributed by atoms with Crippen molar-refractivity contribution in [3.05, 3.63) is 106 Å². The standard InChI is InChI=1S/C25H23N5O3/c1-15-5-4-7-19(13-15)30-25(33)28-24(29-30)26-18-11-9-16(10-12-18)23(32)27-22-20-8-3-2-6-17(20)14-21(22)31/h2-13,21-22,31H,14H2,1H3,(H,27,32)(H2,26,28,29,33)/t21-,22+/m0/s1. The third-order valence-corrected chi connectivity index (χ3v) is 5.76. The zero-order chi connectivity index (χ0) is 22.9. The highest BCUT2D eigenvalue weighted by Gasteiger charge is 2.32. The van der Waals surface area contributed by atoms with E-state index in [2.05, 4.69) is 20.7 Å². The van der Waals surface area contributed by atoms with Gasteiger partial charge in [-0.2, -0.15) is 4.68 Å². The van der Waals surface area contributed by atoms with Gasteiger partial charge in [-0.25, -0.2) is 4.79 Å². The average molecular weight is 441 g/mol. The Morgan fingerprint density at radius 3 is 2.67 bits per heavy atom. The second-order valence-electron chi connectivity index (χ2n) is 8.15. The number of carbonyl (C=O) groups is 1. The number of aliphatic hydroxyl groups is 1. The zero-order valence-corrected chi connectivity index (χ0v) is 17.9. The molecule has 4 N–H and O–H groups in total. The van der Waals surface area contributed by atoms with E-state index in [1.165, 1.54) is 4.68 Å². The lowest BCUT2D eigenvalue weighted by Crippen LogP contribution is -2.33. The first-order valence-electron chi connectivity index (χ1n) is 10.7. The molecule has 4 aromatic rings. The van der Waals surface area contributed by atoms with Crippen molar-refractivity contribution in [1.29, 1.82) is 0 Å². The van der Waals surface area contributed by atoms with E-state index in [1.54, 1.807) is 24.3 Å². The Hall–Kier alpha value is -4.17. The predicted molar refractivity (Wildman–Crippen MR) is 125 cm³/mol. The van der Waals surface area contributed by atoms with Crippen LogP contribution in [-0.2, 0) is 6.42 Å². The van der Waals surface area contributed by atoms with Crippen molar-refractivity contribution in [2.24, 2.45) is 0 Å². The van der Waals surface area contributed by atoms with E-state index in [4.69, 9.17) is 0 Å². The summed E-state index contributed by atoms with van der Waals surface area (Å²) >= 11 is 0. The summed E-state index contributed by atoms with van der Waals surface area (Å²) in [4.78, 5) is 27.7. The Bertz CT molecular complexity index is 1370. The number of fused-ring (bicyclic) bond motifs is 1. The molecule has 3 aromatic carbocycles. The van der Waals surface area contributed by atoms with Gasteiger partial charge in [0.15, 0.2) is 0 Å². The Balaban J connectivity index is 1.28. The van der Waals surface area contributed by atoms with Crippen molar-refractivity contribution in [1.82, 2.24) is 20.1 Å². The molecular formula is C25H23N5O3. The molecule has 0 unspecified atom stereocenters. The van der Waals surface area contributed by atoms with Gasteiger partial charge >= 0.3 is 5.69 Å². The summed E-state index contributed by atoms with van der Waals surface area (Å²) in [6.07, 6.45) is -0.121. The molecule has 1 aliphatic rings. The highest BCUT2D eigenvalue weighted by atomic mass is 16.3. The number of hydrogen-bond donors (Lipinski definition) is 4. The molecule has 8 nitrogen and oxygen atoms in total. The first kappa shape index (κ1) is 20.7. The van der Waals surface area contributed by atoms with Gasteiger partial charge in [-0.15, -0.1) is 5.10 Å². The average Bonchev–Trinajstić information content (AvgIpc) is 3.33. The summed E-state index contributed by atoms with van der Waals surface area (Å²) in [7, 11) is 0. The summed E-state index contributed by atoms with van der Waals surface area (Å²) in [5.41, 5.74) is 4.48. The van der Waals surface area contributed by atoms with Crippen LogP contribution in [0.1, 0.15) is 33.1 Å². The number of benzene rings is 3. The predicted octanol–water partition coefficient (Wildman–Crippen LogP) is 3.00. The number of amides is 1. The fraction of sp³-hybridized carbons (Fsp3) is 0.160. The number of anilines is 2. The van der Waals surface area contributed by atoms with Gasteiger partial charge in [0.2, 0.25) is 5.95 Å². The van der Waals surface area contributed by atoms with Gasteiger partial charge in [0.05, 0.1) is 17.8 Å². The van der Waals surface area contributed by atoms with Crippen LogP contribution < -0.4 is 16.3 Å². The van der Waals surface area contributed by atoms with Gasteiger partial charge in [0.25, 0.3) is 5.91 Å². The van der Waals surface area contributed by atoms with E-state index in [1.807, 2.05) is 55.5 Å². The number of aliphatic hydroxyl groups excluding tert-OH is 1. The van der Waals surface area contributed by atoms with Crippen LogP contribution in [0.15, 0.2) is 77.6 Å². The van der Waals surface area contributed by atoms with Gasteiger partial charge in [-0.3, -0.25) is 9.78 Å². The molecule has 0 bridgehead atoms. The van der Waals surface area contributed by atoms with Gasteiger partial charge in [-0.1, -0.05) is 36.4 Å². The molecule has 0 saturated heterocycles. The van der Waals surface area contributed by atoms with Gasteiger partial charge in [0, 0.05) is 17.7 Å². The van der Waals surface area contributed by atoms with E-state index in [9.17, 15) is 14.7 Å². The second kappa shape index (κ2) is 8.40. The van der Waals surface area contributed by atoms with Crippen LogP contribution in [0.2, 0.25) is 0 Å². The van der Waals surface area contributed by atoms with Crippen LogP contribution in [0.5, 0.6) is 0 Å². The Morgan fingerprint density at radius 1 is 1.09 bits per heavy atom. The highest BCUT2D eigenvalue weighted by molar-refractivity contribution is 5.95. The van der Waals surface area contributed by atoms with E-state index in [0.717, 1.165) is 16.7 Å². The van der Waals surface area contributed by atoms with Crippen molar-refractivity contribution in [2.75, 3.05) is 5.32 Å². The van der Waals surface area contributed by atoms with E-state index in [0.29, 0.717) is 29.3 Å². The molecule has 166 valence electrons. The molecule has 2 atom stereocenters. The number of rotatable bonds is 5. The second-order valence-corrected chi connectivity index (χ2v) is 8.15. The molecule has 0 radical (unpaired) electrons. The molecule has 1 aliphatic carbocycles. The first-order chi connectivity index (χ1) is 16.0. The molecule has 0 aliphatic heterocycles. The first-order valence-corrected chi connectivity index (χ1v) is 10.7. The molecule has 0 fully saturated rings. The number of hydrogen-bond acceptors (Lipinski definition) is 5. The van der Waals surface area contributed by atoms with Crippen molar-refractivity contribution >= 4 is 17.5 Å². The largest absolute Gasteiger partial charge is 0.390 e.